The lowest BCUT2D eigenvalue weighted by molar-refractivity contribution is 0.258. The number of ether oxygens (including phenoxy) is 1. The molecule has 152 valence electrons. The lowest BCUT2D eigenvalue weighted by Gasteiger charge is -2.17. The first-order valence-corrected chi connectivity index (χ1v) is 10.2. The number of hydrogen-bond acceptors (Lipinski definition) is 5. The Bertz CT molecular complexity index is 1060. The van der Waals surface area contributed by atoms with Gasteiger partial charge in [-0.1, -0.05) is 23.5 Å². The summed E-state index contributed by atoms with van der Waals surface area (Å²) in [6.07, 6.45) is 1.29. The number of amides is 2. The van der Waals surface area contributed by atoms with Crippen LogP contribution in [0.1, 0.15) is 0 Å². The smallest absolute Gasteiger partial charge is 0.327 e. The number of nitrogens with one attached hydrogen (secondary N) is 2. The maximum absolute atomic E-state index is 13.7. The van der Waals surface area contributed by atoms with E-state index in [0.29, 0.717) is 10.6 Å². The van der Waals surface area contributed by atoms with Crippen LogP contribution in [0.3, 0.4) is 0 Å². The zero-order valence-electron chi connectivity index (χ0n) is 15.3. The molecule has 2 N–H and O–H groups in total. The molecule has 0 spiro atoms. The normalized spacial score (nSPS) is 11.7. The summed E-state index contributed by atoms with van der Waals surface area (Å²) < 4.78 is 46.7. The molecule has 0 bridgehead atoms. The standard InChI is InChI=1S/C18H16F2N4O3S2/c1-21-29(26)12-6-3-5-11(9-12)24(2)18(25)23-17-22-10-15(28-17)27-14-8-4-7-13(19)16(14)20/h3-10,21H,1-2H3,(H,22,23,25). The number of benzene rings is 2. The summed E-state index contributed by atoms with van der Waals surface area (Å²) in [5.41, 5.74) is 0.526. The summed E-state index contributed by atoms with van der Waals surface area (Å²) in [5.74, 6) is -2.41. The quantitative estimate of drug-likeness (QED) is 0.606. The lowest BCUT2D eigenvalue weighted by Crippen LogP contribution is -2.31. The SMILES string of the molecule is CNS(=O)c1cccc(N(C)C(=O)Nc2ncc(Oc3cccc(F)c3F)s2)c1. The summed E-state index contributed by atoms with van der Waals surface area (Å²) in [7, 11) is 1.73. The van der Waals surface area contributed by atoms with E-state index in [1.165, 1.54) is 23.2 Å². The molecule has 2 amide bonds. The highest BCUT2D eigenvalue weighted by molar-refractivity contribution is 7.83. The van der Waals surface area contributed by atoms with E-state index >= 15 is 0 Å². The second kappa shape index (κ2) is 9.07. The van der Waals surface area contributed by atoms with Gasteiger partial charge in [-0.15, -0.1) is 0 Å². The van der Waals surface area contributed by atoms with Crippen LogP contribution < -0.4 is 19.7 Å². The molecule has 1 atom stereocenters. The van der Waals surface area contributed by atoms with Gasteiger partial charge in [0.2, 0.25) is 10.9 Å². The van der Waals surface area contributed by atoms with Crippen molar-refractivity contribution in [3.8, 4) is 10.8 Å². The van der Waals surface area contributed by atoms with Gasteiger partial charge in [0, 0.05) is 12.7 Å². The van der Waals surface area contributed by atoms with Gasteiger partial charge in [0.05, 0.1) is 11.1 Å². The van der Waals surface area contributed by atoms with Crippen LogP contribution >= 0.6 is 11.3 Å². The minimum absolute atomic E-state index is 0.180. The van der Waals surface area contributed by atoms with Crippen LogP contribution in [0.15, 0.2) is 53.6 Å². The van der Waals surface area contributed by atoms with Crippen molar-refractivity contribution in [1.29, 1.82) is 0 Å². The summed E-state index contributed by atoms with van der Waals surface area (Å²) in [6, 6.07) is 9.78. The molecule has 11 heteroatoms. The van der Waals surface area contributed by atoms with Crippen LogP contribution in [0.4, 0.5) is 24.4 Å². The second-order valence-corrected chi connectivity index (χ2v) is 8.01. The Morgan fingerprint density at radius 1 is 1.24 bits per heavy atom. The maximum Gasteiger partial charge on any atom is 0.327 e. The average molecular weight is 438 g/mol. The monoisotopic (exact) mass is 438 g/mol. The summed E-state index contributed by atoms with van der Waals surface area (Å²) in [4.78, 5) is 18.3. The first-order valence-electron chi connectivity index (χ1n) is 8.20. The summed E-state index contributed by atoms with van der Waals surface area (Å²) >= 11 is 0.955. The highest BCUT2D eigenvalue weighted by Crippen LogP contribution is 2.32. The highest BCUT2D eigenvalue weighted by atomic mass is 32.2. The predicted molar refractivity (Wildman–Crippen MR) is 108 cm³/mol. The maximum atomic E-state index is 13.7. The van der Waals surface area contributed by atoms with Crippen LogP contribution in [0.5, 0.6) is 10.8 Å². The van der Waals surface area contributed by atoms with Gasteiger partial charge < -0.3 is 4.74 Å². The number of nitrogens with zero attached hydrogens (tertiary/aromatic N) is 2. The van der Waals surface area contributed by atoms with Gasteiger partial charge in [-0.2, -0.15) is 4.39 Å². The Labute approximate surface area is 171 Å². The van der Waals surface area contributed by atoms with E-state index in [2.05, 4.69) is 15.0 Å². The molecule has 1 unspecified atom stereocenters. The molecule has 2 aromatic carbocycles. The van der Waals surface area contributed by atoms with Crippen molar-refractivity contribution in [2.45, 2.75) is 4.90 Å². The number of rotatable bonds is 6. The molecule has 0 aliphatic rings. The van der Waals surface area contributed by atoms with E-state index in [1.54, 1.807) is 38.4 Å². The molecule has 0 radical (unpaired) electrons. The number of thiazole rings is 1. The van der Waals surface area contributed by atoms with Crippen LogP contribution in [0.25, 0.3) is 0 Å². The van der Waals surface area contributed by atoms with Crippen molar-refractivity contribution in [2.24, 2.45) is 0 Å². The topological polar surface area (TPSA) is 83.6 Å². The molecule has 0 saturated carbocycles. The van der Waals surface area contributed by atoms with E-state index in [9.17, 15) is 17.8 Å². The zero-order chi connectivity index (χ0) is 21.0. The molecule has 7 nitrogen and oxygen atoms in total. The Hall–Kier alpha value is -2.89. The van der Waals surface area contributed by atoms with E-state index in [1.807, 2.05) is 0 Å². The van der Waals surface area contributed by atoms with Crippen molar-refractivity contribution in [2.75, 3.05) is 24.3 Å². The Kier molecular flexibility index (Phi) is 6.52. The van der Waals surface area contributed by atoms with Gasteiger partial charge in [0.25, 0.3) is 0 Å². The number of anilines is 2. The highest BCUT2D eigenvalue weighted by Gasteiger charge is 2.16. The van der Waals surface area contributed by atoms with E-state index in [-0.39, 0.29) is 15.9 Å². The van der Waals surface area contributed by atoms with Crippen LogP contribution in [0, 0.1) is 11.6 Å². The number of carbonyl (C=O) groups excluding carboxylic acids is 1. The van der Waals surface area contributed by atoms with Crippen LogP contribution in [0.2, 0.25) is 0 Å². The molecule has 0 saturated heterocycles. The fourth-order valence-electron chi connectivity index (χ4n) is 2.25. The molecular formula is C18H16F2N4O3S2. The molecule has 3 rings (SSSR count). The molecule has 1 heterocycles. The Morgan fingerprint density at radius 3 is 2.76 bits per heavy atom. The van der Waals surface area contributed by atoms with E-state index in [4.69, 9.17) is 4.74 Å². The third kappa shape index (κ3) is 4.94. The fourth-order valence-corrected chi connectivity index (χ4v) is 3.59. The van der Waals surface area contributed by atoms with Crippen molar-refractivity contribution in [1.82, 2.24) is 9.71 Å². The molecule has 0 fully saturated rings. The Morgan fingerprint density at radius 2 is 2.00 bits per heavy atom. The molecule has 29 heavy (non-hydrogen) atoms. The van der Waals surface area contributed by atoms with Gasteiger partial charge in [-0.05, 0) is 37.4 Å². The van der Waals surface area contributed by atoms with Crippen molar-refractivity contribution in [3.05, 3.63) is 60.3 Å². The number of urea groups is 1. The number of halogens is 2. The van der Waals surface area contributed by atoms with E-state index < -0.39 is 28.7 Å². The van der Waals surface area contributed by atoms with Crippen LogP contribution in [-0.4, -0.2) is 29.3 Å². The average Bonchev–Trinajstić information content (AvgIpc) is 3.17. The third-order valence-corrected chi connectivity index (χ3v) is 5.58. The minimum atomic E-state index is -1.38. The fraction of sp³-hybridized carbons (Fsp3) is 0.111. The first kappa shape index (κ1) is 20.8. The summed E-state index contributed by atoms with van der Waals surface area (Å²) in [5, 5.41) is 2.98. The van der Waals surface area contributed by atoms with Crippen molar-refractivity contribution in [3.63, 3.8) is 0 Å². The zero-order valence-corrected chi connectivity index (χ0v) is 16.9. The number of carbonyl (C=O) groups is 1. The Balaban J connectivity index is 1.68. The van der Waals surface area contributed by atoms with Gasteiger partial charge in [0.15, 0.2) is 16.7 Å². The molecule has 3 aromatic rings. The van der Waals surface area contributed by atoms with Gasteiger partial charge in [-0.3, -0.25) is 10.2 Å². The third-order valence-electron chi connectivity index (χ3n) is 3.73. The van der Waals surface area contributed by atoms with Crippen molar-refractivity contribution < 1.29 is 22.5 Å². The molecule has 1 aromatic heterocycles. The molecule has 0 aliphatic heterocycles. The largest absolute Gasteiger partial charge is 0.442 e. The number of hydrogen-bond donors (Lipinski definition) is 2. The number of aromatic nitrogens is 1. The summed E-state index contributed by atoms with van der Waals surface area (Å²) in [6.45, 7) is 0. The van der Waals surface area contributed by atoms with Gasteiger partial charge in [-0.25, -0.2) is 23.1 Å². The van der Waals surface area contributed by atoms with Crippen LogP contribution in [-0.2, 0) is 11.0 Å². The van der Waals surface area contributed by atoms with Gasteiger partial charge >= 0.3 is 6.03 Å². The first-order chi connectivity index (χ1) is 13.9. The van der Waals surface area contributed by atoms with E-state index in [0.717, 1.165) is 17.4 Å². The molecule has 0 aliphatic carbocycles. The van der Waals surface area contributed by atoms with Gasteiger partial charge in [0.1, 0.15) is 11.0 Å². The predicted octanol–water partition coefficient (Wildman–Crippen LogP) is 4.12. The lowest BCUT2D eigenvalue weighted by atomic mass is 10.3. The van der Waals surface area contributed by atoms with Crippen molar-refractivity contribution >= 4 is 39.2 Å². The minimum Gasteiger partial charge on any atom is -0.442 e. The second-order valence-electron chi connectivity index (χ2n) is 5.60. The molecular weight excluding hydrogens is 422 g/mol.